The molecule has 4 rings (SSSR count). The number of rotatable bonds is 4. The van der Waals surface area contributed by atoms with E-state index in [1.165, 1.54) is 24.3 Å². The van der Waals surface area contributed by atoms with Gasteiger partial charge >= 0.3 is 6.18 Å². The van der Waals surface area contributed by atoms with E-state index in [1.54, 1.807) is 49.5 Å². The first kappa shape index (κ1) is 21.2. The van der Waals surface area contributed by atoms with Gasteiger partial charge in [0.15, 0.2) is 0 Å². The molecule has 0 bridgehead atoms. The Morgan fingerprint density at radius 3 is 2.19 bits per heavy atom. The summed E-state index contributed by atoms with van der Waals surface area (Å²) in [6.45, 7) is 1.81. The second-order valence-electron chi connectivity index (χ2n) is 7.19. The van der Waals surface area contributed by atoms with Gasteiger partial charge in [-0.3, -0.25) is 20.1 Å². The second kappa shape index (κ2) is 8.22. The predicted molar refractivity (Wildman–Crippen MR) is 115 cm³/mol. The van der Waals surface area contributed by atoms with E-state index in [9.17, 15) is 23.3 Å². The molecule has 2 aromatic heterocycles. The normalized spacial score (nSPS) is 11.4. The molecule has 0 saturated carbocycles. The van der Waals surface area contributed by atoms with Gasteiger partial charge in [-0.2, -0.15) is 13.2 Å². The number of aromatic nitrogens is 2. The SMILES string of the molecule is Cc1cc(-c2ccc(C(F)(F)F)cc2)cc(-c2ccnc(-c3cccc([N+](=O)[O-])c3)c2)n1. The predicted octanol–water partition coefficient (Wildman–Crippen LogP) is 6.71. The molecule has 0 spiro atoms. The molecule has 0 N–H and O–H groups in total. The molecule has 0 amide bonds. The van der Waals surface area contributed by atoms with Crippen molar-refractivity contribution in [3.05, 3.63) is 100 Å². The first-order valence-corrected chi connectivity index (χ1v) is 9.58. The third-order valence-corrected chi connectivity index (χ3v) is 4.91. The molecule has 0 fully saturated rings. The molecule has 5 nitrogen and oxygen atoms in total. The summed E-state index contributed by atoms with van der Waals surface area (Å²) in [5, 5.41) is 11.1. The van der Waals surface area contributed by atoms with Crippen LogP contribution in [0.2, 0.25) is 0 Å². The lowest BCUT2D eigenvalue weighted by Crippen LogP contribution is -2.04. The maximum absolute atomic E-state index is 12.9. The largest absolute Gasteiger partial charge is 0.416 e. The minimum Gasteiger partial charge on any atom is -0.258 e. The number of alkyl halides is 3. The maximum atomic E-state index is 12.9. The second-order valence-corrected chi connectivity index (χ2v) is 7.19. The highest BCUT2D eigenvalue weighted by atomic mass is 19.4. The average Bonchev–Trinajstić information content (AvgIpc) is 2.78. The Bertz CT molecular complexity index is 1300. The van der Waals surface area contributed by atoms with Crippen molar-refractivity contribution in [2.24, 2.45) is 0 Å². The molecular formula is C24H16F3N3O2. The van der Waals surface area contributed by atoms with Crippen molar-refractivity contribution >= 4 is 5.69 Å². The van der Waals surface area contributed by atoms with Gasteiger partial charge in [0.2, 0.25) is 0 Å². The number of nitro benzene ring substituents is 1. The Morgan fingerprint density at radius 1 is 0.812 bits per heavy atom. The van der Waals surface area contributed by atoms with Crippen LogP contribution in [0.1, 0.15) is 11.3 Å². The van der Waals surface area contributed by atoms with Gasteiger partial charge in [0.25, 0.3) is 5.69 Å². The van der Waals surface area contributed by atoms with Gasteiger partial charge in [-0.1, -0.05) is 24.3 Å². The van der Waals surface area contributed by atoms with E-state index < -0.39 is 16.7 Å². The molecule has 32 heavy (non-hydrogen) atoms. The van der Waals surface area contributed by atoms with Gasteiger partial charge in [-0.05, 0) is 54.4 Å². The number of hydrogen-bond acceptors (Lipinski definition) is 4. The van der Waals surface area contributed by atoms with Gasteiger partial charge in [0.05, 0.1) is 21.9 Å². The van der Waals surface area contributed by atoms with Gasteiger partial charge in [0, 0.05) is 35.2 Å². The molecule has 0 saturated heterocycles. The third kappa shape index (κ3) is 4.49. The standard InChI is InChI=1S/C24H16F3N3O2/c1-15-11-19(16-5-7-20(8-6-16)24(25,26)27)14-23(29-15)18-9-10-28-22(13-18)17-3-2-4-21(12-17)30(31)32/h2-14H,1H3. The van der Waals surface area contributed by atoms with Gasteiger partial charge in [0.1, 0.15) is 0 Å². The number of halogens is 3. The van der Waals surface area contributed by atoms with E-state index in [1.807, 2.05) is 0 Å². The lowest BCUT2D eigenvalue weighted by Gasteiger charge is -2.10. The molecule has 2 heterocycles. The van der Waals surface area contributed by atoms with E-state index in [0.29, 0.717) is 28.2 Å². The zero-order chi connectivity index (χ0) is 22.9. The van der Waals surface area contributed by atoms with Gasteiger partial charge < -0.3 is 0 Å². The van der Waals surface area contributed by atoms with Crippen LogP contribution < -0.4 is 0 Å². The molecule has 160 valence electrons. The van der Waals surface area contributed by atoms with Gasteiger partial charge in [-0.25, -0.2) is 0 Å². The Labute approximate surface area is 181 Å². The summed E-state index contributed by atoms with van der Waals surface area (Å²) in [4.78, 5) is 19.5. The number of nitrogens with zero attached hydrogens (tertiary/aromatic N) is 3. The molecule has 0 aliphatic heterocycles. The molecule has 2 aromatic carbocycles. The molecule has 8 heteroatoms. The van der Waals surface area contributed by atoms with Crippen LogP contribution >= 0.6 is 0 Å². The zero-order valence-electron chi connectivity index (χ0n) is 16.8. The topological polar surface area (TPSA) is 68.9 Å². The first-order chi connectivity index (χ1) is 15.2. The van der Waals surface area contributed by atoms with Crippen molar-refractivity contribution in [1.29, 1.82) is 0 Å². The van der Waals surface area contributed by atoms with Crippen molar-refractivity contribution in [1.82, 2.24) is 9.97 Å². The van der Waals surface area contributed by atoms with Crippen molar-refractivity contribution in [2.45, 2.75) is 13.1 Å². The fraction of sp³-hybridized carbons (Fsp3) is 0.0833. The molecule has 0 atom stereocenters. The number of hydrogen-bond donors (Lipinski definition) is 0. The van der Waals surface area contributed by atoms with Crippen LogP contribution in [0.3, 0.4) is 0 Å². The van der Waals surface area contributed by atoms with Crippen molar-refractivity contribution < 1.29 is 18.1 Å². The smallest absolute Gasteiger partial charge is 0.258 e. The lowest BCUT2D eigenvalue weighted by molar-refractivity contribution is -0.384. The first-order valence-electron chi connectivity index (χ1n) is 9.58. The summed E-state index contributed by atoms with van der Waals surface area (Å²) in [5.74, 6) is 0. The fourth-order valence-corrected chi connectivity index (χ4v) is 3.36. The van der Waals surface area contributed by atoms with E-state index in [4.69, 9.17) is 0 Å². The quantitative estimate of drug-likeness (QED) is 0.264. The van der Waals surface area contributed by atoms with Crippen molar-refractivity contribution in [2.75, 3.05) is 0 Å². The number of pyridine rings is 2. The molecular weight excluding hydrogens is 419 g/mol. The van der Waals surface area contributed by atoms with Crippen molar-refractivity contribution in [3.8, 4) is 33.6 Å². The Morgan fingerprint density at radius 2 is 1.50 bits per heavy atom. The number of nitro groups is 1. The zero-order valence-corrected chi connectivity index (χ0v) is 16.8. The Kier molecular flexibility index (Phi) is 5.44. The minimum absolute atomic E-state index is 0.0343. The molecule has 4 aromatic rings. The highest BCUT2D eigenvalue weighted by Crippen LogP contribution is 2.33. The van der Waals surface area contributed by atoms with Crippen LogP contribution in [0.5, 0.6) is 0 Å². The van der Waals surface area contributed by atoms with E-state index in [2.05, 4.69) is 9.97 Å². The Balaban J connectivity index is 1.72. The van der Waals surface area contributed by atoms with E-state index in [0.717, 1.165) is 23.3 Å². The Hall–Kier alpha value is -4.07. The number of benzene rings is 2. The van der Waals surface area contributed by atoms with E-state index >= 15 is 0 Å². The van der Waals surface area contributed by atoms with Crippen LogP contribution in [0.15, 0.2) is 79.0 Å². The summed E-state index contributed by atoms with van der Waals surface area (Å²) in [6.07, 6.45) is -2.80. The summed E-state index contributed by atoms with van der Waals surface area (Å²) in [7, 11) is 0. The molecule has 0 aliphatic carbocycles. The van der Waals surface area contributed by atoms with Crippen molar-refractivity contribution in [3.63, 3.8) is 0 Å². The summed E-state index contributed by atoms with van der Waals surface area (Å²) in [6, 6.07) is 18.3. The summed E-state index contributed by atoms with van der Waals surface area (Å²) in [5.41, 5.74) is 3.82. The van der Waals surface area contributed by atoms with Crippen LogP contribution in [0, 0.1) is 17.0 Å². The van der Waals surface area contributed by atoms with E-state index in [-0.39, 0.29) is 5.69 Å². The van der Waals surface area contributed by atoms with Crippen LogP contribution in [-0.2, 0) is 6.18 Å². The van der Waals surface area contributed by atoms with Crippen LogP contribution in [-0.4, -0.2) is 14.9 Å². The number of non-ortho nitro benzene ring substituents is 1. The van der Waals surface area contributed by atoms with Gasteiger partial charge in [-0.15, -0.1) is 0 Å². The van der Waals surface area contributed by atoms with Crippen LogP contribution in [0.4, 0.5) is 18.9 Å². The number of aryl methyl sites for hydroxylation is 1. The molecule has 0 radical (unpaired) electrons. The third-order valence-electron chi connectivity index (χ3n) is 4.91. The highest BCUT2D eigenvalue weighted by Gasteiger charge is 2.30. The summed E-state index contributed by atoms with van der Waals surface area (Å²) >= 11 is 0. The molecule has 0 aliphatic rings. The monoisotopic (exact) mass is 435 g/mol. The highest BCUT2D eigenvalue weighted by molar-refractivity contribution is 5.74. The van der Waals surface area contributed by atoms with Crippen LogP contribution in [0.25, 0.3) is 33.6 Å². The average molecular weight is 435 g/mol. The maximum Gasteiger partial charge on any atom is 0.416 e. The minimum atomic E-state index is -4.39. The fourth-order valence-electron chi connectivity index (χ4n) is 3.36. The lowest BCUT2D eigenvalue weighted by atomic mass is 10.0. The molecule has 0 unspecified atom stereocenters. The summed E-state index contributed by atoms with van der Waals surface area (Å²) < 4.78 is 38.6.